The molecule has 2 aliphatic rings. The lowest BCUT2D eigenvalue weighted by atomic mass is 9.95. The van der Waals surface area contributed by atoms with Crippen LogP contribution in [0.2, 0.25) is 0 Å². The maximum atomic E-state index is 12.9. The summed E-state index contributed by atoms with van der Waals surface area (Å²) >= 11 is 0. The SMILES string of the molecule is O=C1CC[C@@H](C(=O)N2CCOCC2)CN1Cc1cccc(C(F)(F)F)c1. The molecule has 0 spiro atoms. The maximum absolute atomic E-state index is 12.9. The third-order valence-corrected chi connectivity index (χ3v) is 4.80. The number of piperidine rings is 1. The molecular formula is C18H21F3N2O3. The summed E-state index contributed by atoms with van der Waals surface area (Å²) in [5.74, 6) is -0.445. The molecule has 2 heterocycles. The predicted molar refractivity (Wildman–Crippen MR) is 87.0 cm³/mol. The fraction of sp³-hybridized carbons (Fsp3) is 0.556. The van der Waals surface area contributed by atoms with Crippen molar-refractivity contribution in [1.82, 2.24) is 9.80 Å². The van der Waals surface area contributed by atoms with Gasteiger partial charge in [0.25, 0.3) is 0 Å². The fourth-order valence-corrected chi connectivity index (χ4v) is 3.38. The number of carbonyl (C=O) groups is 2. The Morgan fingerprint density at radius 3 is 2.65 bits per heavy atom. The first kappa shape index (κ1) is 18.7. The first-order valence-electron chi connectivity index (χ1n) is 8.65. The van der Waals surface area contributed by atoms with Crippen molar-refractivity contribution in [2.45, 2.75) is 25.6 Å². The van der Waals surface area contributed by atoms with Crippen molar-refractivity contribution >= 4 is 11.8 Å². The average Bonchev–Trinajstić information content (AvgIpc) is 2.63. The van der Waals surface area contributed by atoms with Crippen LogP contribution >= 0.6 is 0 Å². The standard InChI is InChI=1S/C18H21F3N2O3/c19-18(20,21)15-3-1-2-13(10-15)11-23-12-14(4-5-16(23)24)17(25)22-6-8-26-9-7-22/h1-3,10,14H,4-9,11-12H2/t14-/m1/s1. The van der Waals surface area contributed by atoms with Gasteiger partial charge in [0, 0.05) is 32.6 Å². The number of hydrogen-bond donors (Lipinski definition) is 0. The molecule has 26 heavy (non-hydrogen) atoms. The van der Waals surface area contributed by atoms with Crippen LogP contribution in [0.3, 0.4) is 0 Å². The number of carbonyl (C=O) groups excluding carboxylic acids is 2. The zero-order valence-electron chi connectivity index (χ0n) is 14.3. The van der Waals surface area contributed by atoms with Crippen molar-refractivity contribution in [2.24, 2.45) is 5.92 Å². The average molecular weight is 370 g/mol. The molecule has 1 aromatic carbocycles. The molecule has 0 bridgehead atoms. The fourth-order valence-electron chi connectivity index (χ4n) is 3.38. The van der Waals surface area contributed by atoms with Crippen molar-refractivity contribution in [3.05, 3.63) is 35.4 Å². The van der Waals surface area contributed by atoms with Gasteiger partial charge in [-0.15, -0.1) is 0 Å². The molecule has 2 saturated heterocycles. The largest absolute Gasteiger partial charge is 0.416 e. The summed E-state index contributed by atoms with van der Waals surface area (Å²) in [4.78, 5) is 28.0. The normalized spacial score (nSPS) is 21.8. The van der Waals surface area contributed by atoms with E-state index in [0.717, 1.165) is 12.1 Å². The summed E-state index contributed by atoms with van der Waals surface area (Å²) in [5, 5.41) is 0. The lowest BCUT2D eigenvalue weighted by Crippen LogP contribution is -2.49. The van der Waals surface area contributed by atoms with E-state index in [9.17, 15) is 22.8 Å². The highest BCUT2D eigenvalue weighted by atomic mass is 19.4. The minimum atomic E-state index is -4.42. The van der Waals surface area contributed by atoms with Crippen molar-refractivity contribution < 1.29 is 27.5 Å². The van der Waals surface area contributed by atoms with Crippen LogP contribution in [0, 0.1) is 5.92 Å². The second-order valence-electron chi connectivity index (χ2n) is 6.65. The molecule has 8 heteroatoms. The highest BCUT2D eigenvalue weighted by molar-refractivity contribution is 5.84. The van der Waals surface area contributed by atoms with Gasteiger partial charge in [-0.1, -0.05) is 12.1 Å². The van der Waals surface area contributed by atoms with Gasteiger partial charge >= 0.3 is 6.18 Å². The van der Waals surface area contributed by atoms with E-state index in [4.69, 9.17) is 4.74 Å². The van der Waals surface area contributed by atoms with Crippen molar-refractivity contribution in [1.29, 1.82) is 0 Å². The van der Waals surface area contributed by atoms with E-state index in [2.05, 4.69) is 0 Å². The lowest BCUT2D eigenvalue weighted by molar-refractivity contribution is -0.146. The van der Waals surface area contributed by atoms with E-state index in [1.807, 2.05) is 0 Å². The number of hydrogen-bond acceptors (Lipinski definition) is 3. The summed E-state index contributed by atoms with van der Waals surface area (Å²) < 4.78 is 43.8. The molecule has 1 aromatic rings. The van der Waals surface area contributed by atoms with E-state index < -0.39 is 11.7 Å². The third-order valence-electron chi connectivity index (χ3n) is 4.80. The second kappa shape index (κ2) is 7.65. The molecule has 5 nitrogen and oxygen atoms in total. The van der Waals surface area contributed by atoms with E-state index in [0.29, 0.717) is 38.3 Å². The van der Waals surface area contributed by atoms with Crippen molar-refractivity contribution in [3.63, 3.8) is 0 Å². The number of nitrogens with zero attached hydrogens (tertiary/aromatic N) is 2. The monoisotopic (exact) mass is 370 g/mol. The van der Waals surface area contributed by atoms with Crippen LogP contribution in [-0.2, 0) is 27.0 Å². The van der Waals surface area contributed by atoms with E-state index in [1.165, 1.54) is 11.0 Å². The Morgan fingerprint density at radius 1 is 1.23 bits per heavy atom. The van der Waals surface area contributed by atoms with Crippen LogP contribution in [0.25, 0.3) is 0 Å². The third kappa shape index (κ3) is 4.35. The smallest absolute Gasteiger partial charge is 0.378 e. The topological polar surface area (TPSA) is 49.9 Å². The number of alkyl halides is 3. The minimum Gasteiger partial charge on any atom is -0.378 e. The van der Waals surface area contributed by atoms with Gasteiger partial charge in [-0.3, -0.25) is 9.59 Å². The zero-order chi connectivity index (χ0) is 18.7. The van der Waals surface area contributed by atoms with Gasteiger partial charge in [0.2, 0.25) is 11.8 Å². The minimum absolute atomic E-state index is 0.00478. The number of rotatable bonds is 3. The van der Waals surface area contributed by atoms with Gasteiger partial charge < -0.3 is 14.5 Å². The zero-order valence-corrected chi connectivity index (χ0v) is 14.3. The van der Waals surface area contributed by atoms with Crippen LogP contribution in [0.15, 0.2) is 24.3 Å². The molecule has 1 atom stereocenters. The van der Waals surface area contributed by atoms with Crippen LogP contribution in [0.4, 0.5) is 13.2 Å². The summed E-state index contributed by atoms with van der Waals surface area (Å²) in [6.45, 7) is 2.41. The van der Waals surface area contributed by atoms with Gasteiger partial charge in [0.15, 0.2) is 0 Å². The predicted octanol–water partition coefficient (Wildman–Crippen LogP) is 2.30. The van der Waals surface area contributed by atoms with Crippen LogP contribution in [-0.4, -0.2) is 54.5 Å². The first-order chi connectivity index (χ1) is 12.3. The molecule has 0 radical (unpaired) electrons. The van der Waals surface area contributed by atoms with Gasteiger partial charge in [0.05, 0.1) is 24.7 Å². The Labute approximate surface area is 149 Å². The van der Waals surface area contributed by atoms with Crippen molar-refractivity contribution in [3.8, 4) is 0 Å². The first-order valence-corrected chi connectivity index (χ1v) is 8.65. The van der Waals surface area contributed by atoms with Gasteiger partial charge in [-0.25, -0.2) is 0 Å². The number of morpholine rings is 1. The Hall–Kier alpha value is -2.09. The van der Waals surface area contributed by atoms with Crippen molar-refractivity contribution in [2.75, 3.05) is 32.8 Å². The van der Waals surface area contributed by atoms with Crippen LogP contribution in [0.5, 0.6) is 0 Å². The number of likely N-dealkylation sites (tertiary alicyclic amines) is 1. The molecule has 0 aromatic heterocycles. The molecule has 0 saturated carbocycles. The van der Waals surface area contributed by atoms with Crippen LogP contribution in [0.1, 0.15) is 24.0 Å². The molecule has 0 unspecified atom stereocenters. The van der Waals surface area contributed by atoms with Gasteiger partial charge in [0.1, 0.15) is 0 Å². The summed E-state index contributed by atoms with van der Waals surface area (Å²) in [6, 6.07) is 4.96. The van der Waals surface area contributed by atoms with E-state index in [1.54, 1.807) is 11.0 Å². The lowest BCUT2D eigenvalue weighted by Gasteiger charge is -2.36. The Bertz CT molecular complexity index is 672. The molecule has 3 rings (SSSR count). The number of amides is 2. The summed E-state index contributed by atoms with van der Waals surface area (Å²) in [6.07, 6.45) is -3.70. The molecular weight excluding hydrogens is 349 g/mol. The van der Waals surface area contributed by atoms with Gasteiger partial charge in [-0.2, -0.15) is 13.2 Å². The highest BCUT2D eigenvalue weighted by Crippen LogP contribution is 2.30. The Morgan fingerprint density at radius 2 is 1.96 bits per heavy atom. The Kier molecular flexibility index (Phi) is 5.50. The Balaban J connectivity index is 1.67. The number of benzene rings is 1. The number of ether oxygens (including phenoxy) is 1. The van der Waals surface area contributed by atoms with Gasteiger partial charge in [-0.05, 0) is 24.1 Å². The number of halogens is 3. The highest BCUT2D eigenvalue weighted by Gasteiger charge is 2.34. The summed E-state index contributed by atoms with van der Waals surface area (Å²) in [7, 11) is 0. The molecule has 2 aliphatic heterocycles. The second-order valence-corrected chi connectivity index (χ2v) is 6.65. The van der Waals surface area contributed by atoms with Crippen LogP contribution < -0.4 is 0 Å². The van der Waals surface area contributed by atoms with E-state index in [-0.39, 0.29) is 37.2 Å². The molecule has 0 N–H and O–H groups in total. The molecule has 2 amide bonds. The summed E-state index contributed by atoms with van der Waals surface area (Å²) in [5.41, 5.74) is -0.326. The molecule has 0 aliphatic carbocycles. The molecule has 2 fully saturated rings. The molecule has 142 valence electrons. The van der Waals surface area contributed by atoms with E-state index >= 15 is 0 Å². The maximum Gasteiger partial charge on any atom is 0.416 e. The quantitative estimate of drug-likeness (QED) is 0.821.